The van der Waals surface area contributed by atoms with Gasteiger partial charge in [0, 0.05) is 22.5 Å². The summed E-state index contributed by atoms with van der Waals surface area (Å²) in [7, 11) is 0. The summed E-state index contributed by atoms with van der Waals surface area (Å²) in [5.74, 6) is 0.981. The van der Waals surface area contributed by atoms with E-state index < -0.39 is 0 Å². The standard InChI is InChI=1S/C14H19N3S/c1-4-6-12-13(11-7-8-18-10(11)3)16-9-17-14(12)15-5-2/h7-9H,4-6H2,1-3H3,(H,15,16,17). The molecule has 0 spiro atoms. The van der Waals surface area contributed by atoms with Crippen molar-refractivity contribution in [1.29, 1.82) is 0 Å². The Bertz CT molecular complexity index is 520. The molecule has 1 N–H and O–H groups in total. The molecule has 0 saturated carbocycles. The van der Waals surface area contributed by atoms with Crippen LogP contribution in [0.1, 0.15) is 30.7 Å². The summed E-state index contributed by atoms with van der Waals surface area (Å²) in [6.07, 6.45) is 3.76. The third kappa shape index (κ3) is 2.53. The van der Waals surface area contributed by atoms with Crippen molar-refractivity contribution in [1.82, 2.24) is 9.97 Å². The van der Waals surface area contributed by atoms with E-state index in [-0.39, 0.29) is 0 Å². The third-order valence-electron chi connectivity index (χ3n) is 2.90. The summed E-state index contributed by atoms with van der Waals surface area (Å²) >= 11 is 1.76. The van der Waals surface area contributed by atoms with E-state index in [1.165, 1.54) is 16.0 Å². The minimum atomic E-state index is 0.885. The van der Waals surface area contributed by atoms with Gasteiger partial charge in [0.1, 0.15) is 12.1 Å². The van der Waals surface area contributed by atoms with E-state index in [4.69, 9.17) is 0 Å². The summed E-state index contributed by atoms with van der Waals surface area (Å²) in [6, 6.07) is 2.15. The number of hydrogen-bond acceptors (Lipinski definition) is 4. The quantitative estimate of drug-likeness (QED) is 0.887. The minimum Gasteiger partial charge on any atom is -0.370 e. The molecular formula is C14H19N3S. The number of rotatable bonds is 5. The number of hydrogen-bond donors (Lipinski definition) is 1. The molecule has 0 aromatic carbocycles. The van der Waals surface area contributed by atoms with Gasteiger partial charge >= 0.3 is 0 Å². The van der Waals surface area contributed by atoms with Crippen LogP contribution in [0.4, 0.5) is 5.82 Å². The highest BCUT2D eigenvalue weighted by atomic mass is 32.1. The molecule has 0 aliphatic rings. The topological polar surface area (TPSA) is 37.8 Å². The molecule has 0 amide bonds. The second kappa shape index (κ2) is 5.96. The van der Waals surface area contributed by atoms with Gasteiger partial charge in [-0.25, -0.2) is 9.97 Å². The van der Waals surface area contributed by atoms with E-state index in [1.54, 1.807) is 17.7 Å². The average Bonchev–Trinajstić information content (AvgIpc) is 2.78. The SMILES string of the molecule is CCCc1c(NCC)ncnc1-c1ccsc1C. The van der Waals surface area contributed by atoms with Crippen molar-refractivity contribution in [2.45, 2.75) is 33.6 Å². The molecule has 0 unspecified atom stereocenters. The molecule has 0 radical (unpaired) electrons. The lowest BCUT2D eigenvalue weighted by molar-refractivity contribution is 0.902. The smallest absolute Gasteiger partial charge is 0.133 e. The molecule has 0 fully saturated rings. The monoisotopic (exact) mass is 261 g/mol. The number of nitrogens with zero attached hydrogens (tertiary/aromatic N) is 2. The summed E-state index contributed by atoms with van der Waals surface area (Å²) in [4.78, 5) is 10.2. The fourth-order valence-corrected chi connectivity index (χ4v) is 2.78. The maximum Gasteiger partial charge on any atom is 0.133 e. The van der Waals surface area contributed by atoms with Gasteiger partial charge in [-0.05, 0) is 31.7 Å². The Labute approximate surface area is 112 Å². The van der Waals surface area contributed by atoms with Crippen LogP contribution < -0.4 is 5.32 Å². The van der Waals surface area contributed by atoms with E-state index in [2.05, 4.69) is 47.5 Å². The minimum absolute atomic E-state index is 0.885. The van der Waals surface area contributed by atoms with Crippen molar-refractivity contribution in [3.63, 3.8) is 0 Å². The number of aromatic nitrogens is 2. The van der Waals surface area contributed by atoms with Crippen molar-refractivity contribution in [2.75, 3.05) is 11.9 Å². The second-order valence-corrected chi connectivity index (χ2v) is 5.34. The van der Waals surface area contributed by atoms with Gasteiger partial charge in [0.15, 0.2) is 0 Å². The van der Waals surface area contributed by atoms with Crippen molar-refractivity contribution in [2.24, 2.45) is 0 Å². The van der Waals surface area contributed by atoms with Crippen LogP contribution in [0.3, 0.4) is 0 Å². The first-order valence-electron chi connectivity index (χ1n) is 6.40. The van der Waals surface area contributed by atoms with Crippen LogP contribution in [0.15, 0.2) is 17.8 Å². The zero-order valence-corrected chi connectivity index (χ0v) is 12.0. The van der Waals surface area contributed by atoms with Crippen LogP contribution in [0.25, 0.3) is 11.3 Å². The van der Waals surface area contributed by atoms with E-state index in [0.29, 0.717) is 0 Å². The second-order valence-electron chi connectivity index (χ2n) is 4.22. The van der Waals surface area contributed by atoms with Crippen molar-refractivity contribution >= 4 is 17.2 Å². The zero-order chi connectivity index (χ0) is 13.0. The Balaban J connectivity index is 2.52. The third-order valence-corrected chi connectivity index (χ3v) is 3.75. The summed E-state index contributed by atoms with van der Waals surface area (Å²) in [5, 5.41) is 5.46. The number of nitrogens with one attached hydrogen (secondary N) is 1. The molecule has 18 heavy (non-hydrogen) atoms. The van der Waals surface area contributed by atoms with Gasteiger partial charge in [0.05, 0.1) is 5.69 Å². The van der Waals surface area contributed by atoms with Gasteiger partial charge in [-0.1, -0.05) is 13.3 Å². The number of thiophene rings is 1. The fourth-order valence-electron chi connectivity index (χ4n) is 2.08. The first kappa shape index (κ1) is 13.0. The van der Waals surface area contributed by atoms with Crippen molar-refractivity contribution in [3.8, 4) is 11.3 Å². The molecule has 0 aliphatic carbocycles. The van der Waals surface area contributed by atoms with Crippen LogP contribution in [0.2, 0.25) is 0 Å². The largest absolute Gasteiger partial charge is 0.370 e. The molecule has 2 rings (SSSR count). The van der Waals surface area contributed by atoms with Crippen LogP contribution in [0.5, 0.6) is 0 Å². The van der Waals surface area contributed by atoms with Gasteiger partial charge in [-0.3, -0.25) is 0 Å². The molecule has 2 aromatic rings. The molecular weight excluding hydrogens is 242 g/mol. The first-order chi connectivity index (χ1) is 8.77. The van der Waals surface area contributed by atoms with Crippen LogP contribution in [-0.4, -0.2) is 16.5 Å². The predicted molar refractivity (Wildman–Crippen MR) is 78.2 cm³/mol. The Kier molecular flexibility index (Phi) is 4.31. The first-order valence-corrected chi connectivity index (χ1v) is 7.28. The number of anilines is 1. The molecule has 0 atom stereocenters. The lowest BCUT2D eigenvalue weighted by Crippen LogP contribution is -2.06. The van der Waals surface area contributed by atoms with E-state index in [9.17, 15) is 0 Å². The van der Waals surface area contributed by atoms with Crippen LogP contribution >= 0.6 is 11.3 Å². The van der Waals surface area contributed by atoms with E-state index >= 15 is 0 Å². The van der Waals surface area contributed by atoms with Crippen molar-refractivity contribution in [3.05, 3.63) is 28.2 Å². The molecule has 3 nitrogen and oxygen atoms in total. The maximum atomic E-state index is 4.50. The van der Waals surface area contributed by atoms with Crippen molar-refractivity contribution < 1.29 is 0 Å². The Morgan fingerprint density at radius 1 is 1.28 bits per heavy atom. The lowest BCUT2D eigenvalue weighted by Gasteiger charge is -2.13. The molecule has 96 valence electrons. The number of aryl methyl sites for hydroxylation is 1. The Hall–Kier alpha value is -1.42. The normalized spacial score (nSPS) is 10.6. The summed E-state index contributed by atoms with van der Waals surface area (Å²) in [5.41, 5.74) is 3.56. The highest BCUT2D eigenvalue weighted by molar-refractivity contribution is 7.10. The Morgan fingerprint density at radius 2 is 2.11 bits per heavy atom. The average molecular weight is 261 g/mol. The summed E-state index contributed by atoms with van der Waals surface area (Å²) < 4.78 is 0. The van der Waals surface area contributed by atoms with Gasteiger partial charge in [0.25, 0.3) is 0 Å². The maximum absolute atomic E-state index is 4.50. The molecule has 0 aliphatic heterocycles. The molecule has 2 aromatic heterocycles. The lowest BCUT2D eigenvalue weighted by atomic mass is 10.0. The van der Waals surface area contributed by atoms with Crippen LogP contribution in [-0.2, 0) is 6.42 Å². The molecule has 2 heterocycles. The highest BCUT2D eigenvalue weighted by Crippen LogP contribution is 2.31. The van der Waals surface area contributed by atoms with Gasteiger partial charge < -0.3 is 5.32 Å². The zero-order valence-electron chi connectivity index (χ0n) is 11.2. The Morgan fingerprint density at radius 3 is 2.72 bits per heavy atom. The molecule has 4 heteroatoms. The molecule has 0 bridgehead atoms. The van der Waals surface area contributed by atoms with Crippen LogP contribution in [0, 0.1) is 6.92 Å². The summed E-state index contributed by atoms with van der Waals surface area (Å²) in [6.45, 7) is 7.31. The molecule has 0 saturated heterocycles. The van der Waals surface area contributed by atoms with E-state index in [1.807, 2.05) is 0 Å². The fraction of sp³-hybridized carbons (Fsp3) is 0.429. The highest BCUT2D eigenvalue weighted by Gasteiger charge is 2.14. The van der Waals surface area contributed by atoms with E-state index in [0.717, 1.165) is 30.9 Å². The van der Waals surface area contributed by atoms with Gasteiger partial charge in [-0.2, -0.15) is 0 Å². The predicted octanol–water partition coefficient (Wildman–Crippen LogP) is 3.90. The van der Waals surface area contributed by atoms with Gasteiger partial charge in [-0.15, -0.1) is 11.3 Å². The van der Waals surface area contributed by atoms with Gasteiger partial charge in [0.2, 0.25) is 0 Å².